The fraction of sp³-hybridized carbons (Fsp3) is 0.273. The number of benzene rings is 1. The van der Waals surface area contributed by atoms with Gasteiger partial charge in [-0.25, -0.2) is 5.10 Å². The van der Waals surface area contributed by atoms with Crippen molar-refractivity contribution in [1.29, 1.82) is 0 Å². The van der Waals surface area contributed by atoms with Gasteiger partial charge in [-0.2, -0.15) is 0 Å². The lowest BCUT2D eigenvalue weighted by molar-refractivity contribution is -0.140. The van der Waals surface area contributed by atoms with E-state index in [4.69, 9.17) is 0 Å². The normalized spacial score (nSPS) is 12.1. The first kappa shape index (κ1) is 12.0. The van der Waals surface area contributed by atoms with Gasteiger partial charge in [-0.05, 0) is 28.1 Å². The van der Waals surface area contributed by atoms with Gasteiger partial charge in [0.2, 0.25) is 0 Å². The van der Waals surface area contributed by atoms with Gasteiger partial charge < -0.3 is 9.84 Å². The van der Waals surface area contributed by atoms with Crippen molar-refractivity contribution >= 4 is 5.97 Å². The van der Waals surface area contributed by atoms with Crippen molar-refractivity contribution in [3.63, 3.8) is 0 Å². The third-order valence-electron chi connectivity index (χ3n) is 2.59. The minimum absolute atomic E-state index is 0.123. The Bertz CT molecular complexity index is 510. The number of carbonyl (C=O) groups excluding carboxylic acids is 1. The number of aromatic amines is 1. The Hall–Kier alpha value is -2.44. The summed E-state index contributed by atoms with van der Waals surface area (Å²) in [5, 5.41) is 22.7. The third-order valence-corrected chi connectivity index (χ3v) is 2.59. The molecule has 0 aliphatic heterocycles. The molecular formula is C11H12N4O3. The van der Waals surface area contributed by atoms with Crippen LogP contribution in [-0.2, 0) is 9.53 Å². The van der Waals surface area contributed by atoms with E-state index < -0.39 is 0 Å². The summed E-state index contributed by atoms with van der Waals surface area (Å²) in [5.41, 5.74) is 0.816. The van der Waals surface area contributed by atoms with Gasteiger partial charge in [0, 0.05) is 0 Å². The summed E-state index contributed by atoms with van der Waals surface area (Å²) in [6.45, 7) is 0. The van der Waals surface area contributed by atoms with Crippen LogP contribution in [0.5, 0.6) is 5.75 Å². The van der Waals surface area contributed by atoms with Crippen LogP contribution in [0.4, 0.5) is 0 Å². The quantitative estimate of drug-likeness (QED) is 0.768. The molecule has 2 N–H and O–H groups in total. The second-order valence-electron chi connectivity index (χ2n) is 3.71. The molecule has 0 spiro atoms. The Kier molecular flexibility index (Phi) is 3.52. The number of aromatic nitrogens is 4. The summed E-state index contributed by atoms with van der Waals surface area (Å²) in [6.07, 6.45) is 0.123. The average Bonchev–Trinajstić information content (AvgIpc) is 2.90. The number of carbonyl (C=O) groups is 1. The van der Waals surface area contributed by atoms with E-state index in [1.807, 2.05) is 0 Å². The van der Waals surface area contributed by atoms with Crippen LogP contribution < -0.4 is 0 Å². The number of ether oxygens (including phenoxy) is 1. The molecule has 7 nitrogen and oxygen atoms in total. The van der Waals surface area contributed by atoms with Gasteiger partial charge in [-0.15, -0.1) is 5.10 Å². The van der Waals surface area contributed by atoms with Crippen LogP contribution in [0.2, 0.25) is 0 Å². The molecule has 0 saturated heterocycles. The van der Waals surface area contributed by atoms with Crippen LogP contribution in [0.25, 0.3) is 0 Å². The average molecular weight is 248 g/mol. The van der Waals surface area contributed by atoms with Crippen LogP contribution >= 0.6 is 0 Å². The highest BCUT2D eigenvalue weighted by molar-refractivity contribution is 5.71. The standard InChI is InChI=1S/C11H12N4O3/c1-18-10(17)6-9(11-12-14-15-13-11)7-2-4-8(16)5-3-7/h2-5,9,16H,6H2,1H3,(H,12,13,14,15)/t9-/m0/s1. The number of nitrogens with one attached hydrogen (secondary N) is 1. The van der Waals surface area contributed by atoms with Crippen molar-refractivity contribution in [2.75, 3.05) is 7.11 Å². The molecule has 1 aromatic heterocycles. The molecular weight excluding hydrogens is 236 g/mol. The molecule has 0 fully saturated rings. The van der Waals surface area contributed by atoms with Gasteiger partial charge in [0.1, 0.15) is 5.75 Å². The minimum atomic E-state index is -0.357. The molecule has 1 atom stereocenters. The number of hydrogen-bond donors (Lipinski definition) is 2. The number of phenolic OH excluding ortho intramolecular Hbond substituents is 1. The largest absolute Gasteiger partial charge is 0.508 e. The monoisotopic (exact) mass is 248 g/mol. The highest BCUT2D eigenvalue weighted by atomic mass is 16.5. The first-order valence-electron chi connectivity index (χ1n) is 5.30. The molecule has 94 valence electrons. The highest BCUT2D eigenvalue weighted by Crippen LogP contribution is 2.26. The van der Waals surface area contributed by atoms with Crippen molar-refractivity contribution < 1.29 is 14.6 Å². The fourth-order valence-corrected chi connectivity index (χ4v) is 1.64. The molecule has 7 heteroatoms. The summed E-state index contributed by atoms with van der Waals surface area (Å²) in [5.74, 6) is -0.0464. The van der Waals surface area contributed by atoms with E-state index in [9.17, 15) is 9.90 Å². The number of phenols is 1. The molecule has 18 heavy (non-hydrogen) atoms. The Morgan fingerprint density at radius 2 is 2.17 bits per heavy atom. The fourth-order valence-electron chi connectivity index (χ4n) is 1.64. The highest BCUT2D eigenvalue weighted by Gasteiger charge is 2.21. The molecule has 0 bridgehead atoms. The predicted octanol–water partition coefficient (Wildman–Crippen LogP) is 0.600. The lowest BCUT2D eigenvalue weighted by atomic mass is 9.95. The Morgan fingerprint density at radius 1 is 1.44 bits per heavy atom. The number of esters is 1. The van der Waals surface area contributed by atoms with Crippen molar-refractivity contribution in [3.8, 4) is 5.75 Å². The zero-order chi connectivity index (χ0) is 13.0. The SMILES string of the molecule is COC(=O)C[C@@H](c1ccc(O)cc1)c1nnn[nH]1. The van der Waals surface area contributed by atoms with E-state index in [0.29, 0.717) is 5.82 Å². The van der Waals surface area contributed by atoms with Crippen molar-refractivity contribution in [1.82, 2.24) is 20.6 Å². The van der Waals surface area contributed by atoms with E-state index >= 15 is 0 Å². The number of tetrazole rings is 1. The van der Waals surface area contributed by atoms with Crippen molar-refractivity contribution in [3.05, 3.63) is 35.7 Å². The maximum atomic E-state index is 11.4. The van der Waals surface area contributed by atoms with Gasteiger partial charge in [-0.1, -0.05) is 12.1 Å². The van der Waals surface area contributed by atoms with Crippen LogP contribution in [0.15, 0.2) is 24.3 Å². The van der Waals surface area contributed by atoms with E-state index in [2.05, 4.69) is 25.4 Å². The molecule has 1 aromatic carbocycles. The first-order chi connectivity index (χ1) is 8.70. The van der Waals surface area contributed by atoms with Gasteiger partial charge in [0.25, 0.3) is 0 Å². The zero-order valence-corrected chi connectivity index (χ0v) is 9.70. The molecule has 0 aliphatic carbocycles. The molecule has 0 unspecified atom stereocenters. The second-order valence-corrected chi connectivity index (χ2v) is 3.71. The number of hydrogen-bond acceptors (Lipinski definition) is 6. The summed E-state index contributed by atoms with van der Waals surface area (Å²) < 4.78 is 4.65. The third kappa shape index (κ3) is 2.62. The zero-order valence-electron chi connectivity index (χ0n) is 9.70. The van der Waals surface area contributed by atoms with Crippen LogP contribution in [-0.4, -0.2) is 38.8 Å². The number of methoxy groups -OCH3 is 1. The number of H-pyrrole nitrogens is 1. The van der Waals surface area contributed by atoms with E-state index in [0.717, 1.165) is 5.56 Å². The molecule has 0 radical (unpaired) electrons. The summed E-state index contributed by atoms with van der Waals surface area (Å²) in [6, 6.07) is 6.52. The summed E-state index contributed by atoms with van der Waals surface area (Å²) in [4.78, 5) is 11.4. The summed E-state index contributed by atoms with van der Waals surface area (Å²) >= 11 is 0. The predicted molar refractivity (Wildman–Crippen MR) is 60.8 cm³/mol. The van der Waals surface area contributed by atoms with Gasteiger partial charge >= 0.3 is 5.97 Å². The molecule has 0 saturated carbocycles. The van der Waals surface area contributed by atoms with Crippen molar-refractivity contribution in [2.45, 2.75) is 12.3 Å². The van der Waals surface area contributed by atoms with Gasteiger partial charge in [-0.3, -0.25) is 4.79 Å². The lowest BCUT2D eigenvalue weighted by Crippen LogP contribution is -2.11. The summed E-state index contributed by atoms with van der Waals surface area (Å²) in [7, 11) is 1.33. The van der Waals surface area contributed by atoms with E-state index in [1.54, 1.807) is 24.3 Å². The molecule has 2 aromatic rings. The number of aromatic hydroxyl groups is 1. The van der Waals surface area contributed by atoms with E-state index in [-0.39, 0.29) is 24.1 Å². The maximum Gasteiger partial charge on any atom is 0.306 e. The number of rotatable bonds is 4. The van der Waals surface area contributed by atoms with Crippen molar-refractivity contribution in [2.24, 2.45) is 0 Å². The van der Waals surface area contributed by atoms with Crippen LogP contribution in [0, 0.1) is 0 Å². The molecule has 2 rings (SSSR count). The van der Waals surface area contributed by atoms with Gasteiger partial charge in [0.05, 0.1) is 19.4 Å². The van der Waals surface area contributed by atoms with Crippen LogP contribution in [0.3, 0.4) is 0 Å². The van der Waals surface area contributed by atoms with Crippen LogP contribution in [0.1, 0.15) is 23.7 Å². The Morgan fingerprint density at radius 3 is 2.72 bits per heavy atom. The smallest absolute Gasteiger partial charge is 0.306 e. The minimum Gasteiger partial charge on any atom is -0.508 e. The Labute approximate surface area is 103 Å². The molecule has 0 aliphatic rings. The topological polar surface area (TPSA) is 101 Å². The van der Waals surface area contributed by atoms with E-state index in [1.165, 1.54) is 7.11 Å². The molecule has 1 heterocycles. The first-order valence-corrected chi connectivity index (χ1v) is 5.30. The molecule has 0 amide bonds. The number of nitrogens with zero attached hydrogens (tertiary/aromatic N) is 3. The second kappa shape index (κ2) is 5.26. The maximum absolute atomic E-state index is 11.4. The Balaban J connectivity index is 2.30. The lowest BCUT2D eigenvalue weighted by Gasteiger charge is -2.12. The van der Waals surface area contributed by atoms with Gasteiger partial charge in [0.15, 0.2) is 5.82 Å².